The molecule has 7 nitrogen and oxygen atoms in total. The second-order valence-corrected chi connectivity index (χ2v) is 6.33. The minimum absolute atomic E-state index is 0.136. The summed E-state index contributed by atoms with van der Waals surface area (Å²) in [5, 5.41) is 10.0. The number of H-pyrrole nitrogens is 1. The number of nitrogens with one attached hydrogen (secondary N) is 2. The third-order valence-electron chi connectivity index (χ3n) is 4.21. The molecule has 0 aliphatic heterocycles. The van der Waals surface area contributed by atoms with E-state index >= 15 is 0 Å². The molecule has 0 saturated heterocycles. The molecule has 1 amide bonds. The Morgan fingerprint density at radius 2 is 2.04 bits per heavy atom. The van der Waals surface area contributed by atoms with Crippen LogP contribution in [0.1, 0.15) is 27.3 Å². The lowest BCUT2D eigenvalue weighted by Crippen LogP contribution is -2.23. The summed E-state index contributed by atoms with van der Waals surface area (Å²) in [6, 6.07) is 7.39. The Morgan fingerprint density at radius 3 is 2.73 bits per heavy atom. The molecule has 0 fully saturated rings. The van der Waals surface area contributed by atoms with E-state index < -0.39 is 0 Å². The number of aromatic nitrogens is 4. The van der Waals surface area contributed by atoms with Crippen molar-refractivity contribution >= 4 is 11.7 Å². The SMILES string of the molecule is Cc1n[nH]c(C)c1CNC(=O)c1cccc(-c2cncc(N(C)C)n2)c1. The molecule has 0 aliphatic carbocycles. The minimum atomic E-state index is -0.136. The van der Waals surface area contributed by atoms with Crippen molar-refractivity contribution in [1.82, 2.24) is 25.5 Å². The van der Waals surface area contributed by atoms with Gasteiger partial charge in [0.2, 0.25) is 0 Å². The molecule has 0 atom stereocenters. The maximum Gasteiger partial charge on any atom is 0.251 e. The summed E-state index contributed by atoms with van der Waals surface area (Å²) in [5.74, 6) is 0.631. The molecular weight excluding hydrogens is 328 g/mol. The van der Waals surface area contributed by atoms with Crippen LogP contribution in [0.5, 0.6) is 0 Å². The molecule has 2 heterocycles. The fraction of sp³-hybridized carbons (Fsp3) is 0.263. The van der Waals surface area contributed by atoms with E-state index in [0.717, 1.165) is 34.0 Å². The molecule has 2 N–H and O–H groups in total. The predicted molar refractivity (Wildman–Crippen MR) is 101 cm³/mol. The van der Waals surface area contributed by atoms with E-state index in [2.05, 4.69) is 25.5 Å². The van der Waals surface area contributed by atoms with Crippen LogP contribution < -0.4 is 10.2 Å². The van der Waals surface area contributed by atoms with Crippen molar-refractivity contribution < 1.29 is 4.79 Å². The highest BCUT2D eigenvalue weighted by Gasteiger charge is 2.11. The highest BCUT2D eigenvalue weighted by molar-refractivity contribution is 5.95. The molecule has 1 aromatic carbocycles. The van der Waals surface area contributed by atoms with Crippen molar-refractivity contribution in [3.63, 3.8) is 0 Å². The number of anilines is 1. The number of carbonyl (C=O) groups excluding carboxylic acids is 1. The van der Waals surface area contributed by atoms with Gasteiger partial charge in [0.1, 0.15) is 5.82 Å². The van der Waals surface area contributed by atoms with E-state index in [9.17, 15) is 4.79 Å². The van der Waals surface area contributed by atoms with Gasteiger partial charge in [-0.05, 0) is 26.0 Å². The summed E-state index contributed by atoms with van der Waals surface area (Å²) in [4.78, 5) is 23.2. The molecule has 0 spiro atoms. The van der Waals surface area contributed by atoms with Gasteiger partial charge in [0.15, 0.2) is 0 Å². The van der Waals surface area contributed by atoms with Gasteiger partial charge in [0.25, 0.3) is 5.91 Å². The van der Waals surface area contributed by atoms with Crippen LogP contribution in [-0.4, -0.2) is 40.2 Å². The third-order valence-corrected chi connectivity index (χ3v) is 4.21. The highest BCUT2D eigenvalue weighted by atomic mass is 16.1. The topological polar surface area (TPSA) is 86.8 Å². The van der Waals surface area contributed by atoms with Crippen molar-refractivity contribution in [1.29, 1.82) is 0 Å². The van der Waals surface area contributed by atoms with E-state index in [4.69, 9.17) is 0 Å². The van der Waals surface area contributed by atoms with Gasteiger partial charge in [-0.2, -0.15) is 5.10 Å². The molecule has 3 rings (SSSR count). The number of aromatic amines is 1. The predicted octanol–water partition coefficient (Wildman–Crippen LogP) is 2.48. The first kappa shape index (κ1) is 17.6. The summed E-state index contributed by atoms with van der Waals surface area (Å²) >= 11 is 0. The number of rotatable bonds is 5. The van der Waals surface area contributed by atoms with Crippen LogP contribution in [0, 0.1) is 13.8 Å². The summed E-state index contributed by atoms with van der Waals surface area (Å²) < 4.78 is 0. The van der Waals surface area contributed by atoms with Gasteiger partial charge in [-0.25, -0.2) is 4.98 Å². The van der Waals surface area contributed by atoms with Gasteiger partial charge in [-0.3, -0.25) is 14.9 Å². The zero-order valence-electron chi connectivity index (χ0n) is 15.4. The summed E-state index contributed by atoms with van der Waals surface area (Å²) in [5.41, 5.74) is 5.04. The number of carbonyl (C=O) groups is 1. The zero-order valence-corrected chi connectivity index (χ0v) is 15.4. The summed E-state index contributed by atoms with van der Waals surface area (Å²) in [7, 11) is 3.83. The molecule has 0 radical (unpaired) electrons. The van der Waals surface area contributed by atoms with Gasteiger partial charge < -0.3 is 10.2 Å². The Morgan fingerprint density at radius 1 is 1.23 bits per heavy atom. The Kier molecular flexibility index (Phi) is 4.97. The Balaban J connectivity index is 1.78. The minimum Gasteiger partial charge on any atom is -0.361 e. The lowest BCUT2D eigenvalue weighted by molar-refractivity contribution is 0.0951. The van der Waals surface area contributed by atoms with Crippen LogP contribution >= 0.6 is 0 Å². The molecule has 3 aromatic rings. The quantitative estimate of drug-likeness (QED) is 0.738. The molecule has 0 saturated carbocycles. The summed E-state index contributed by atoms with van der Waals surface area (Å²) in [6.45, 7) is 4.30. The van der Waals surface area contributed by atoms with Crippen LogP contribution in [0.15, 0.2) is 36.7 Å². The van der Waals surface area contributed by atoms with E-state index in [-0.39, 0.29) is 5.91 Å². The van der Waals surface area contributed by atoms with Crippen molar-refractivity contribution in [3.8, 4) is 11.3 Å². The van der Waals surface area contributed by atoms with Crippen molar-refractivity contribution in [2.24, 2.45) is 0 Å². The standard InChI is InChI=1S/C19H22N6O/c1-12-16(13(2)24-23-12)9-21-19(26)15-7-5-6-14(8-15)17-10-20-11-18(22-17)25(3)4/h5-8,10-11H,9H2,1-4H3,(H,21,26)(H,23,24). The van der Waals surface area contributed by atoms with E-state index in [1.165, 1.54) is 0 Å². The number of hydrogen-bond donors (Lipinski definition) is 2. The molecule has 0 aliphatic rings. The Labute approximate surface area is 152 Å². The largest absolute Gasteiger partial charge is 0.361 e. The fourth-order valence-corrected chi connectivity index (χ4v) is 2.64. The molecule has 134 valence electrons. The van der Waals surface area contributed by atoms with Gasteiger partial charge in [-0.1, -0.05) is 12.1 Å². The number of amides is 1. The van der Waals surface area contributed by atoms with Crippen LogP contribution in [0.3, 0.4) is 0 Å². The number of benzene rings is 1. The third kappa shape index (κ3) is 3.72. The molecule has 7 heteroatoms. The van der Waals surface area contributed by atoms with Gasteiger partial charge in [0.05, 0.1) is 23.8 Å². The smallest absolute Gasteiger partial charge is 0.251 e. The second-order valence-electron chi connectivity index (χ2n) is 6.33. The Bertz CT molecular complexity index is 912. The molecular formula is C19H22N6O. The maximum absolute atomic E-state index is 12.5. The van der Waals surface area contributed by atoms with Gasteiger partial charge in [-0.15, -0.1) is 0 Å². The first-order chi connectivity index (χ1) is 12.5. The molecule has 0 unspecified atom stereocenters. The van der Waals surface area contributed by atoms with E-state index in [1.54, 1.807) is 18.5 Å². The van der Waals surface area contributed by atoms with Crippen LogP contribution in [0.2, 0.25) is 0 Å². The number of aryl methyl sites for hydroxylation is 2. The van der Waals surface area contributed by atoms with Gasteiger partial charge >= 0.3 is 0 Å². The fourth-order valence-electron chi connectivity index (χ4n) is 2.64. The maximum atomic E-state index is 12.5. The van der Waals surface area contributed by atoms with Crippen LogP contribution in [-0.2, 0) is 6.54 Å². The average molecular weight is 350 g/mol. The van der Waals surface area contributed by atoms with Crippen molar-refractivity contribution in [2.75, 3.05) is 19.0 Å². The number of hydrogen-bond acceptors (Lipinski definition) is 5. The van der Waals surface area contributed by atoms with Crippen molar-refractivity contribution in [3.05, 3.63) is 59.2 Å². The lowest BCUT2D eigenvalue weighted by Gasteiger charge is -2.12. The zero-order chi connectivity index (χ0) is 18.7. The monoisotopic (exact) mass is 350 g/mol. The molecule has 0 bridgehead atoms. The van der Waals surface area contributed by atoms with E-state index in [0.29, 0.717) is 12.1 Å². The molecule has 26 heavy (non-hydrogen) atoms. The first-order valence-corrected chi connectivity index (χ1v) is 8.34. The van der Waals surface area contributed by atoms with Crippen LogP contribution in [0.25, 0.3) is 11.3 Å². The number of nitrogens with zero attached hydrogens (tertiary/aromatic N) is 4. The van der Waals surface area contributed by atoms with Crippen LogP contribution in [0.4, 0.5) is 5.82 Å². The highest BCUT2D eigenvalue weighted by Crippen LogP contribution is 2.20. The normalized spacial score (nSPS) is 10.6. The lowest BCUT2D eigenvalue weighted by atomic mass is 10.1. The summed E-state index contributed by atoms with van der Waals surface area (Å²) in [6.07, 6.45) is 3.40. The molecule has 2 aromatic heterocycles. The Hall–Kier alpha value is -3.22. The second kappa shape index (κ2) is 7.35. The first-order valence-electron chi connectivity index (χ1n) is 8.34. The van der Waals surface area contributed by atoms with Gasteiger partial charge in [0, 0.05) is 43.0 Å². The average Bonchev–Trinajstić information content (AvgIpc) is 2.97. The van der Waals surface area contributed by atoms with E-state index in [1.807, 2.05) is 51.0 Å². The van der Waals surface area contributed by atoms with Crippen molar-refractivity contribution in [2.45, 2.75) is 20.4 Å².